The molecule has 104 valence electrons. The second-order valence-electron chi connectivity index (χ2n) is 3.65. The third-order valence-electron chi connectivity index (χ3n) is 2.19. The molecule has 2 amide bonds. The zero-order chi connectivity index (χ0) is 14.4. The van der Waals surface area contributed by atoms with Crippen LogP contribution in [0.1, 0.15) is 5.56 Å². The SMILES string of the molecule is O=C(NCc1cc(F)ccc1F)NCC(O)C(=O)O. The number of carbonyl (C=O) groups excluding carboxylic acids is 1. The molecule has 1 aromatic carbocycles. The maximum Gasteiger partial charge on any atom is 0.334 e. The molecule has 8 heteroatoms. The Kier molecular flexibility index (Phi) is 5.19. The highest BCUT2D eigenvalue weighted by molar-refractivity contribution is 5.76. The molecular formula is C11H12F2N2O4. The number of halogens is 2. The molecular weight excluding hydrogens is 262 g/mol. The van der Waals surface area contributed by atoms with Crippen LogP contribution in [0.4, 0.5) is 13.6 Å². The fourth-order valence-electron chi connectivity index (χ4n) is 1.19. The fraction of sp³-hybridized carbons (Fsp3) is 0.273. The van der Waals surface area contributed by atoms with Crippen LogP contribution in [0.2, 0.25) is 0 Å². The summed E-state index contributed by atoms with van der Waals surface area (Å²) in [5, 5.41) is 21.5. The summed E-state index contributed by atoms with van der Waals surface area (Å²) in [6, 6.07) is 2.01. The third-order valence-corrected chi connectivity index (χ3v) is 2.19. The number of nitrogens with one attached hydrogen (secondary N) is 2. The van der Waals surface area contributed by atoms with Crippen molar-refractivity contribution in [2.45, 2.75) is 12.6 Å². The number of urea groups is 1. The molecule has 0 aliphatic carbocycles. The molecule has 0 heterocycles. The maximum atomic E-state index is 13.2. The van der Waals surface area contributed by atoms with E-state index >= 15 is 0 Å². The molecule has 19 heavy (non-hydrogen) atoms. The lowest BCUT2D eigenvalue weighted by Gasteiger charge is -2.09. The Hall–Kier alpha value is -2.22. The molecule has 6 nitrogen and oxygen atoms in total. The molecule has 0 saturated heterocycles. The number of carboxylic acids is 1. The summed E-state index contributed by atoms with van der Waals surface area (Å²) in [6.45, 7) is -0.759. The van der Waals surface area contributed by atoms with E-state index in [1.807, 2.05) is 0 Å². The first-order chi connectivity index (χ1) is 8.90. The van der Waals surface area contributed by atoms with Gasteiger partial charge in [-0.15, -0.1) is 0 Å². The number of hydrogen-bond donors (Lipinski definition) is 4. The predicted octanol–water partition coefficient (Wildman–Crippen LogP) is 0.210. The first-order valence-electron chi connectivity index (χ1n) is 5.26. The monoisotopic (exact) mass is 274 g/mol. The predicted molar refractivity (Wildman–Crippen MR) is 60.2 cm³/mol. The molecule has 1 rings (SSSR count). The van der Waals surface area contributed by atoms with Crippen LogP contribution < -0.4 is 10.6 Å². The number of carboxylic acid groups (broad SMARTS) is 1. The summed E-state index contributed by atoms with van der Waals surface area (Å²) in [4.78, 5) is 21.5. The first kappa shape index (κ1) is 14.8. The van der Waals surface area contributed by atoms with Crippen molar-refractivity contribution in [2.24, 2.45) is 0 Å². The van der Waals surface area contributed by atoms with Gasteiger partial charge in [-0.3, -0.25) is 0 Å². The molecule has 0 aliphatic rings. The highest BCUT2D eigenvalue weighted by Gasteiger charge is 2.14. The molecule has 1 atom stereocenters. The van der Waals surface area contributed by atoms with Crippen molar-refractivity contribution < 1.29 is 28.6 Å². The van der Waals surface area contributed by atoms with Crippen molar-refractivity contribution in [3.8, 4) is 0 Å². The van der Waals surface area contributed by atoms with Gasteiger partial charge in [0, 0.05) is 12.1 Å². The molecule has 0 radical (unpaired) electrons. The minimum Gasteiger partial charge on any atom is -0.479 e. The van der Waals surface area contributed by atoms with E-state index in [0.29, 0.717) is 0 Å². The smallest absolute Gasteiger partial charge is 0.334 e. The minimum atomic E-state index is -1.73. The van der Waals surface area contributed by atoms with Crippen molar-refractivity contribution in [3.63, 3.8) is 0 Å². The molecule has 4 N–H and O–H groups in total. The number of amides is 2. The van der Waals surface area contributed by atoms with Gasteiger partial charge in [0.15, 0.2) is 6.10 Å². The van der Waals surface area contributed by atoms with E-state index in [1.54, 1.807) is 0 Å². The molecule has 0 bridgehead atoms. The van der Waals surface area contributed by atoms with Crippen LogP contribution in [0.3, 0.4) is 0 Å². The number of hydrogen-bond acceptors (Lipinski definition) is 3. The lowest BCUT2D eigenvalue weighted by atomic mass is 10.2. The average Bonchev–Trinajstić information content (AvgIpc) is 2.36. The van der Waals surface area contributed by atoms with Crippen LogP contribution in [-0.2, 0) is 11.3 Å². The number of aliphatic hydroxyl groups excluding tert-OH is 1. The van der Waals surface area contributed by atoms with E-state index in [4.69, 9.17) is 10.2 Å². The van der Waals surface area contributed by atoms with Crippen LogP contribution in [-0.4, -0.2) is 34.9 Å². The van der Waals surface area contributed by atoms with Crippen LogP contribution >= 0.6 is 0 Å². The van der Waals surface area contributed by atoms with Crippen molar-refractivity contribution in [1.82, 2.24) is 10.6 Å². The van der Waals surface area contributed by atoms with E-state index in [1.165, 1.54) is 0 Å². The van der Waals surface area contributed by atoms with E-state index in [-0.39, 0.29) is 12.1 Å². The van der Waals surface area contributed by atoms with Crippen LogP contribution in [0.15, 0.2) is 18.2 Å². The molecule has 0 saturated carbocycles. The summed E-state index contributed by atoms with van der Waals surface area (Å²) in [7, 11) is 0. The highest BCUT2D eigenvalue weighted by Crippen LogP contribution is 2.08. The first-order valence-corrected chi connectivity index (χ1v) is 5.26. The molecule has 0 fully saturated rings. The molecule has 1 unspecified atom stereocenters. The zero-order valence-corrected chi connectivity index (χ0v) is 9.69. The normalized spacial score (nSPS) is 11.7. The summed E-state index contributed by atoms with van der Waals surface area (Å²) in [6.07, 6.45) is -1.73. The van der Waals surface area contributed by atoms with Gasteiger partial charge in [-0.05, 0) is 18.2 Å². The van der Waals surface area contributed by atoms with Crippen LogP contribution in [0.5, 0.6) is 0 Å². The lowest BCUT2D eigenvalue weighted by molar-refractivity contribution is -0.146. The van der Waals surface area contributed by atoms with E-state index in [0.717, 1.165) is 18.2 Å². The number of carbonyl (C=O) groups is 2. The van der Waals surface area contributed by atoms with Gasteiger partial charge in [-0.1, -0.05) is 0 Å². The van der Waals surface area contributed by atoms with Crippen LogP contribution in [0.25, 0.3) is 0 Å². The van der Waals surface area contributed by atoms with Gasteiger partial charge in [0.1, 0.15) is 11.6 Å². The second-order valence-corrected chi connectivity index (χ2v) is 3.65. The molecule has 0 spiro atoms. The van der Waals surface area contributed by atoms with Crippen molar-refractivity contribution in [2.75, 3.05) is 6.54 Å². The Labute approximate surface area is 107 Å². The number of rotatable bonds is 5. The fourth-order valence-corrected chi connectivity index (χ4v) is 1.19. The zero-order valence-electron chi connectivity index (χ0n) is 9.69. The van der Waals surface area contributed by atoms with E-state index in [9.17, 15) is 18.4 Å². The van der Waals surface area contributed by atoms with Crippen LogP contribution in [0, 0.1) is 11.6 Å². The molecule has 0 aliphatic heterocycles. The summed E-state index contributed by atoms with van der Waals surface area (Å²) < 4.78 is 26.0. The topological polar surface area (TPSA) is 98.7 Å². The van der Waals surface area contributed by atoms with Gasteiger partial charge in [-0.2, -0.15) is 0 Å². The molecule has 1 aromatic rings. The number of benzene rings is 1. The van der Waals surface area contributed by atoms with Gasteiger partial charge >= 0.3 is 12.0 Å². The van der Waals surface area contributed by atoms with Gasteiger partial charge in [-0.25, -0.2) is 18.4 Å². The largest absolute Gasteiger partial charge is 0.479 e. The Morgan fingerprint density at radius 3 is 2.58 bits per heavy atom. The quantitative estimate of drug-likeness (QED) is 0.617. The maximum absolute atomic E-state index is 13.2. The third kappa shape index (κ3) is 4.88. The Bertz CT molecular complexity index is 482. The Morgan fingerprint density at radius 2 is 1.95 bits per heavy atom. The average molecular weight is 274 g/mol. The van der Waals surface area contributed by atoms with E-state index in [2.05, 4.69) is 10.6 Å². The minimum absolute atomic E-state index is 0.0473. The molecule has 0 aromatic heterocycles. The Balaban J connectivity index is 2.42. The summed E-state index contributed by atoms with van der Waals surface area (Å²) >= 11 is 0. The van der Waals surface area contributed by atoms with Crippen molar-refractivity contribution >= 4 is 12.0 Å². The Morgan fingerprint density at radius 1 is 1.26 bits per heavy atom. The second kappa shape index (κ2) is 6.64. The lowest BCUT2D eigenvalue weighted by Crippen LogP contribution is -2.41. The van der Waals surface area contributed by atoms with Crippen molar-refractivity contribution in [1.29, 1.82) is 0 Å². The van der Waals surface area contributed by atoms with E-state index < -0.39 is 36.3 Å². The van der Waals surface area contributed by atoms with Gasteiger partial charge < -0.3 is 20.8 Å². The number of aliphatic carboxylic acids is 1. The number of aliphatic hydroxyl groups is 1. The standard InChI is InChI=1S/C11H12F2N2O4/c12-7-1-2-8(13)6(3-7)4-14-11(19)15-5-9(16)10(17)18/h1-3,9,16H,4-5H2,(H,17,18)(H2,14,15,19). The van der Waals surface area contributed by atoms with Crippen molar-refractivity contribution in [3.05, 3.63) is 35.4 Å². The highest BCUT2D eigenvalue weighted by atomic mass is 19.1. The van der Waals surface area contributed by atoms with Gasteiger partial charge in [0.25, 0.3) is 0 Å². The summed E-state index contributed by atoms with van der Waals surface area (Å²) in [5.41, 5.74) is -0.0473. The summed E-state index contributed by atoms with van der Waals surface area (Å²) in [5.74, 6) is -2.79. The van der Waals surface area contributed by atoms with Gasteiger partial charge in [0.05, 0.1) is 6.54 Å². The van der Waals surface area contributed by atoms with Gasteiger partial charge in [0.2, 0.25) is 0 Å².